The van der Waals surface area contributed by atoms with Crippen molar-refractivity contribution in [1.29, 1.82) is 0 Å². The first-order valence-electron chi connectivity index (χ1n) is 6.56. The van der Waals surface area contributed by atoms with Gasteiger partial charge >= 0.3 is 0 Å². The summed E-state index contributed by atoms with van der Waals surface area (Å²) >= 11 is 3.27. The maximum atomic E-state index is 12.8. The van der Waals surface area contributed by atoms with E-state index in [-0.39, 0.29) is 16.7 Å². The SMILES string of the molecule is COc1cc(Br)c(N)cc1S(=O)(=O)N1CCCC(OC)C1. The number of halogens is 1. The number of nitrogen functional groups attached to an aromatic ring is 1. The van der Waals surface area contributed by atoms with Gasteiger partial charge in [-0.15, -0.1) is 0 Å². The fourth-order valence-corrected chi connectivity index (χ4v) is 4.37. The van der Waals surface area contributed by atoms with E-state index in [9.17, 15) is 8.42 Å². The fraction of sp³-hybridized carbons (Fsp3) is 0.538. The van der Waals surface area contributed by atoms with Crippen LogP contribution in [-0.2, 0) is 14.8 Å². The monoisotopic (exact) mass is 378 g/mol. The van der Waals surface area contributed by atoms with E-state index in [2.05, 4.69) is 15.9 Å². The molecule has 6 nitrogen and oxygen atoms in total. The third kappa shape index (κ3) is 3.33. The lowest BCUT2D eigenvalue weighted by Gasteiger charge is -2.31. The van der Waals surface area contributed by atoms with Gasteiger partial charge in [0.25, 0.3) is 0 Å². The Morgan fingerprint density at radius 2 is 2.10 bits per heavy atom. The number of hydrogen-bond donors (Lipinski definition) is 1. The molecule has 0 amide bonds. The molecule has 2 rings (SSSR count). The van der Waals surface area contributed by atoms with Crippen molar-refractivity contribution in [2.24, 2.45) is 0 Å². The predicted molar refractivity (Wildman–Crippen MR) is 83.9 cm³/mol. The molecule has 2 N–H and O–H groups in total. The maximum absolute atomic E-state index is 12.8. The van der Waals surface area contributed by atoms with Crippen molar-refractivity contribution in [3.8, 4) is 5.75 Å². The number of nitrogens with two attached hydrogens (primary N) is 1. The molecule has 1 aliphatic heterocycles. The third-order valence-corrected chi connectivity index (χ3v) is 6.15. The van der Waals surface area contributed by atoms with Crippen molar-refractivity contribution in [3.63, 3.8) is 0 Å². The predicted octanol–water partition coefficient (Wildman–Crippen LogP) is 1.84. The average Bonchev–Trinajstić information content (AvgIpc) is 2.49. The van der Waals surface area contributed by atoms with Gasteiger partial charge in [0, 0.05) is 30.4 Å². The van der Waals surface area contributed by atoms with Gasteiger partial charge < -0.3 is 15.2 Å². The topological polar surface area (TPSA) is 81.9 Å². The Morgan fingerprint density at radius 3 is 2.71 bits per heavy atom. The number of anilines is 1. The van der Waals surface area contributed by atoms with Gasteiger partial charge in [-0.05, 0) is 40.9 Å². The first-order valence-corrected chi connectivity index (χ1v) is 8.79. The normalized spacial score (nSPS) is 20.4. The molecule has 1 unspecified atom stereocenters. The van der Waals surface area contributed by atoms with E-state index in [0.717, 1.165) is 12.8 Å². The van der Waals surface area contributed by atoms with Gasteiger partial charge in [-0.25, -0.2) is 8.42 Å². The molecule has 21 heavy (non-hydrogen) atoms. The Hall–Kier alpha value is -0.830. The van der Waals surface area contributed by atoms with Crippen molar-refractivity contribution in [2.45, 2.75) is 23.8 Å². The van der Waals surface area contributed by atoms with Crippen LogP contribution in [0.4, 0.5) is 5.69 Å². The lowest BCUT2D eigenvalue weighted by atomic mass is 10.1. The van der Waals surface area contributed by atoms with Crippen LogP contribution in [0.15, 0.2) is 21.5 Å². The second kappa shape index (κ2) is 6.51. The first-order chi connectivity index (χ1) is 9.90. The molecule has 1 fully saturated rings. The van der Waals surface area contributed by atoms with E-state index in [1.165, 1.54) is 17.5 Å². The van der Waals surface area contributed by atoms with Crippen molar-refractivity contribution < 1.29 is 17.9 Å². The van der Waals surface area contributed by atoms with Gasteiger partial charge in [-0.2, -0.15) is 4.31 Å². The number of nitrogens with zero attached hydrogens (tertiary/aromatic N) is 1. The summed E-state index contributed by atoms with van der Waals surface area (Å²) in [6.07, 6.45) is 1.56. The van der Waals surface area contributed by atoms with Crippen LogP contribution in [0.1, 0.15) is 12.8 Å². The number of rotatable bonds is 4. The highest BCUT2D eigenvalue weighted by molar-refractivity contribution is 9.10. The summed E-state index contributed by atoms with van der Waals surface area (Å²) in [4.78, 5) is 0.0856. The third-order valence-electron chi connectivity index (χ3n) is 3.57. The standard InChI is InChI=1S/C13H19BrN2O4S/c1-19-9-4-3-5-16(8-9)21(17,18)13-7-11(15)10(14)6-12(13)20-2/h6-7,9H,3-5,8,15H2,1-2H3. The van der Waals surface area contributed by atoms with Crippen LogP contribution in [0.2, 0.25) is 0 Å². The van der Waals surface area contributed by atoms with Crippen LogP contribution in [0, 0.1) is 0 Å². The number of piperidine rings is 1. The highest BCUT2D eigenvalue weighted by Gasteiger charge is 2.32. The van der Waals surface area contributed by atoms with E-state index in [0.29, 0.717) is 23.2 Å². The highest BCUT2D eigenvalue weighted by atomic mass is 79.9. The van der Waals surface area contributed by atoms with E-state index in [1.54, 1.807) is 13.2 Å². The molecule has 1 aliphatic rings. The first kappa shape index (κ1) is 16.5. The quantitative estimate of drug-likeness (QED) is 0.808. The molecular weight excluding hydrogens is 360 g/mol. The minimum Gasteiger partial charge on any atom is -0.495 e. The van der Waals surface area contributed by atoms with E-state index < -0.39 is 10.0 Å². The minimum absolute atomic E-state index is 0.0766. The highest BCUT2D eigenvalue weighted by Crippen LogP contribution is 2.34. The van der Waals surface area contributed by atoms with Crippen LogP contribution in [0.5, 0.6) is 5.75 Å². The Balaban J connectivity index is 2.41. The molecule has 0 spiro atoms. The second-order valence-corrected chi connectivity index (χ2v) is 7.65. The molecule has 0 saturated carbocycles. The van der Waals surface area contributed by atoms with Gasteiger partial charge in [-0.3, -0.25) is 0 Å². The van der Waals surface area contributed by atoms with E-state index in [4.69, 9.17) is 15.2 Å². The zero-order valence-corrected chi connectivity index (χ0v) is 14.4. The van der Waals surface area contributed by atoms with Crippen molar-refractivity contribution in [3.05, 3.63) is 16.6 Å². The van der Waals surface area contributed by atoms with Crippen molar-refractivity contribution >= 4 is 31.6 Å². The molecule has 0 bridgehead atoms. The van der Waals surface area contributed by atoms with E-state index in [1.807, 2.05) is 0 Å². The zero-order valence-electron chi connectivity index (χ0n) is 12.0. The van der Waals surface area contributed by atoms with Crippen LogP contribution in [0.3, 0.4) is 0 Å². The molecule has 8 heteroatoms. The Bertz CT molecular complexity index is 621. The van der Waals surface area contributed by atoms with Gasteiger partial charge in [0.05, 0.1) is 13.2 Å². The van der Waals surface area contributed by atoms with E-state index >= 15 is 0 Å². The molecule has 1 atom stereocenters. The van der Waals surface area contributed by atoms with Crippen LogP contribution >= 0.6 is 15.9 Å². The summed E-state index contributed by atoms with van der Waals surface area (Å²) in [6, 6.07) is 2.99. The van der Waals surface area contributed by atoms with Crippen LogP contribution in [0.25, 0.3) is 0 Å². The van der Waals surface area contributed by atoms with Gasteiger partial charge in [0.15, 0.2) is 0 Å². The lowest BCUT2D eigenvalue weighted by molar-refractivity contribution is 0.0571. The summed E-state index contributed by atoms with van der Waals surface area (Å²) in [5.41, 5.74) is 6.17. The number of ether oxygens (including phenoxy) is 2. The molecule has 1 aromatic carbocycles. The Labute approximate surface area is 133 Å². The van der Waals surface area contributed by atoms with Crippen molar-refractivity contribution in [1.82, 2.24) is 4.31 Å². The van der Waals surface area contributed by atoms with Crippen molar-refractivity contribution in [2.75, 3.05) is 33.0 Å². The zero-order chi connectivity index (χ0) is 15.6. The number of methoxy groups -OCH3 is 2. The molecule has 1 saturated heterocycles. The molecular formula is C13H19BrN2O4S. The molecule has 1 heterocycles. The summed E-state index contributed by atoms with van der Waals surface area (Å²) in [7, 11) is -0.628. The van der Waals surface area contributed by atoms with Gasteiger partial charge in [0.1, 0.15) is 10.6 Å². The molecule has 1 aromatic rings. The largest absolute Gasteiger partial charge is 0.495 e. The molecule has 118 valence electrons. The molecule has 0 radical (unpaired) electrons. The summed E-state index contributed by atoms with van der Waals surface area (Å²) in [5, 5.41) is 0. The van der Waals surface area contributed by atoms with Crippen LogP contribution in [-0.4, -0.2) is 46.1 Å². The average molecular weight is 379 g/mol. The fourth-order valence-electron chi connectivity index (χ4n) is 2.37. The maximum Gasteiger partial charge on any atom is 0.246 e. The summed E-state index contributed by atoms with van der Waals surface area (Å²) in [5.74, 6) is 0.274. The number of hydrogen-bond acceptors (Lipinski definition) is 5. The van der Waals surface area contributed by atoms with Crippen LogP contribution < -0.4 is 10.5 Å². The molecule has 0 aromatic heterocycles. The van der Waals surface area contributed by atoms with Gasteiger partial charge in [0.2, 0.25) is 10.0 Å². The minimum atomic E-state index is -3.66. The summed E-state index contributed by atoms with van der Waals surface area (Å²) < 4.78 is 38.1. The Kier molecular flexibility index (Phi) is 5.13. The lowest BCUT2D eigenvalue weighted by Crippen LogP contribution is -2.42. The Morgan fingerprint density at radius 1 is 1.38 bits per heavy atom. The number of benzene rings is 1. The number of sulfonamides is 1. The smallest absolute Gasteiger partial charge is 0.246 e. The summed E-state index contributed by atoms with van der Waals surface area (Å²) in [6.45, 7) is 0.819. The van der Waals surface area contributed by atoms with Gasteiger partial charge in [-0.1, -0.05) is 0 Å². The molecule has 0 aliphatic carbocycles. The second-order valence-electron chi connectivity index (χ2n) is 4.89.